The molecule has 4 nitrogen and oxygen atoms in total. The van der Waals surface area contributed by atoms with Gasteiger partial charge in [0.1, 0.15) is 0 Å². The Labute approximate surface area is 225 Å². The van der Waals surface area contributed by atoms with E-state index in [9.17, 15) is 27.9 Å². The van der Waals surface area contributed by atoms with E-state index in [0.717, 1.165) is 30.5 Å². The number of carbonyl (C=O) groups is 2. The summed E-state index contributed by atoms with van der Waals surface area (Å²) in [5.41, 5.74) is 1.65. The Kier molecular flexibility index (Phi) is 13.4. The molecule has 1 atom stereocenters. The third-order valence-electron chi connectivity index (χ3n) is 7.02. The molecule has 0 spiro atoms. The molecule has 210 valence electrons. The highest BCUT2D eigenvalue weighted by molar-refractivity contribution is 6.31. The molecule has 2 aromatic rings. The molecule has 0 aliphatic heterocycles. The first kappa shape index (κ1) is 31.4. The minimum absolute atomic E-state index is 0.0587. The minimum Gasteiger partial charge on any atom is -0.474 e. The van der Waals surface area contributed by atoms with E-state index in [4.69, 9.17) is 0 Å². The second kappa shape index (κ2) is 16.2. The van der Waals surface area contributed by atoms with Gasteiger partial charge in [-0.1, -0.05) is 108 Å². The van der Waals surface area contributed by atoms with Crippen molar-refractivity contribution >= 4 is 11.9 Å². The third kappa shape index (κ3) is 10.5. The zero-order valence-corrected chi connectivity index (χ0v) is 22.7. The van der Waals surface area contributed by atoms with Gasteiger partial charge in [0.2, 0.25) is 0 Å². The zero-order valence-electron chi connectivity index (χ0n) is 22.7. The summed E-state index contributed by atoms with van der Waals surface area (Å²) in [6, 6.07) is 11.7. The molecule has 2 aromatic carbocycles. The maximum atomic E-state index is 13.0. The fourth-order valence-electron chi connectivity index (χ4n) is 4.80. The van der Waals surface area contributed by atoms with Crippen molar-refractivity contribution in [1.29, 1.82) is 0 Å². The summed E-state index contributed by atoms with van der Waals surface area (Å²) in [7, 11) is 0. The van der Waals surface area contributed by atoms with Crippen molar-refractivity contribution in [2.45, 2.75) is 110 Å². The second-order valence-corrected chi connectivity index (χ2v) is 10.0. The molecule has 2 rings (SSSR count). The molecular weight excluding hydrogens is 491 g/mol. The van der Waals surface area contributed by atoms with E-state index >= 15 is 0 Å². The molecule has 1 unspecified atom stereocenters. The molecule has 1 amide bonds. The van der Waals surface area contributed by atoms with Gasteiger partial charge in [-0.3, -0.25) is 4.79 Å². The van der Waals surface area contributed by atoms with E-state index in [1.807, 2.05) is 24.3 Å². The van der Waals surface area contributed by atoms with Crippen LogP contribution in [0.25, 0.3) is 0 Å². The number of hydrogen-bond donors (Lipinski definition) is 1. The topological polar surface area (TPSA) is 57.6 Å². The molecule has 0 heterocycles. The average Bonchev–Trinajstić information content (AvgIpc) is 2.89. The van der Waals surface area contributed by atoms with Crippen molar-refractivity contribution in [3.8, 4) is 0 Å². The van der Waals surface area contributed by atoms with E-state index in [1.54, 1.807) is 6.92 Å². The Morgan fingerprint density at radius 1 is 0.763 bits per heavy atom. The minimum atomic E-state index is -4.47. The molecular formula is C31H42F3NO3. The number of amides is 1. The highest BCUT2D eigenvalue weighted by atomic mass is 19.4. The van der Waals surface area contributed by atoms with Gasteiger partial charge in [0.15, 0.2) is 0 Å². The molecule has 0 aromatic heterocycles. The number of alkyl halides is 3. The standard InChI is InChI=1S/C31H42F3NO3/c1-3-5-6-7-8-9-10-11-12-13-14-24-15-17-25(18-16-24)23-35(29(36)30(37)38)28(4-2)26-19-21-27(22-20-26)31(32,33)34/h15-22,28H,3-14,23H2,1-2H3,(H,37,38). The summed E-state index contributed by atoms with van der Waals surface area (Å²) in [5, 5.41) is 9.40. The van der Waals surface area contributed by atoms with Gasteiger partial charge in [-0.05, 0) is 48.1 Å². The van der Waals surface area contributed by atoms with Gasteiger partial charge in [0.25, 0.3) is 0 Å². The Hall–Kier alpha value is -2.83. The quantitative estimate of drug-likeness (QED) is 0.173. The molecule has 0 aliphatic rings. The lowest BCUT2D eigenvalue weighted by molar-refractivity contribution is -0.157. The summed E-state index contributed by atoms with van der Waals surface area (Å²) in [6.07, 6.45) is 9.68. The van der Waals surface area contributed by atoms with Crippen molar-refractivity contribution in [3.63, 3.8) is 0 Å². The fraction of sp³-hybridized carbons (Fsp3) is 0.548. The highest BCUT2D eigenvalue weighted by Crippen LogP contribution is 2.32. The maximum absolute atomic E-state index is 13.0. The first-order chi connectivity index (χ1) is 18.2. The number of carboxylic acid groups (broad SMARTS) is 1. The number of carbonyl (C=O) groups excluding carboxylic acids is 1. The monoisotopic (exact) mass is 533 g/mol. The Balaban J connectivity index is 1.93. The molecule has 0 bridgehead atoms. The number of carboxylic acids is 1. The van der Waals surface area contributed by atoms with E-state index in [0.29, 0.717) is 12.0 Å². The van der Waals surface area contributed by atoms with Crippen molar-refractivity contribution in [2.24, 2.45) is 0 Å². The van der Waals surface area contributed by atoms with Crippen LogP contribution in [0.15, 0.2) is 48.5 Å². The van der Waals surface area contributed by atoms with Gasteiger partial charge in [0, 0.05) is 6.54 Å². The lowest BCUT2D eigenvalue weighted by atomic mass is 9.99. The number of benzene rings is 2. The molecule has 0 saturated carbocycles. The van der Waals surface area contributed by atoms with Crippen LogP contribution < -0.4 is 0 Å². The lowest BCUT2D eigenvalue weighted by Gasteiger charge is -2.30. The van der Waals surface area contributed by atoms with Gasteiger partial charge in [-0.2, -0.15) is 13.2 Å². The first-order valence-electron chi connectivity index (χ1n) is 14.0. The van der Waals surface area contributed by atoms with Crippen LogP contribution in [0.4, 0.5) is 13.2 Å². The number of aliphatic carboxylic acids is 1. The van der Waals surface area contributed by atoms with Crippen LogP contribution in [-0.2, 0) is 28.7 Å². The maximum Gasteiger partial charge on any atom is 0.416 e. The smallest absolute Gasteiger partial charge is 0.416 e. The van der Waals surface area contributed by atoms with Gasteiger partial charge in [-0.25, -0.2) is 4.79 Å². The Bertz CT molecular complexity index is 971. The highest BCUT2D eigenvalue weighted by Gasteiger charge is 2.32. The lowest BCUT2D eigenvalue weighted by Crippen LogP contribution is -2.38. The van der Waals surface area contributed by atoms with Gasteiger partial charge in [0.05, 0.1) is 11.6 Å². The number of unbranched alkanes of at least 4 members (excludes halogenated alkanes) is 9. The van der Waals surface area contributed by atoms with Crippen LogP contribution in [0.1, 0.15) is 113 Å². The molecule has 0 fully saturated rings. The number of halogens is 3. The van der Waals surface area contributed by atoms with E-state index in [2.05, 4.69) is 6.92 Å². The van der Waals surface area contributed by atoms with E-state index < -0.39 is 29.7 Å². The second-order valence-electron chi connectivity index (χ2n) is 10.0. The summed E-state index contributed by atoms with van der Waals surface area (Å²) in [5.74, 6) is -2.67. The molecule has 7 heteroatoms. The van der Waals surface area contributed by atoms with Crippen molar-refractivity contribution in [1.82, 2.24) is 4.90 Å². The van der Waals surface area contributed by atoms with Crippen molar-refractivity contribution in [3.05, 3.63) is 70.8 Å². The van der Waals surface area contributed by atoms with Crippen molar-refractivity contribution in [2.75, 3.05) is 0 Å². The molecule has 0 aliphatic carbocycles. The van der Waals surface area contributed by atoms with E-state index in [1.165, 1.54) is 80.4 Å². The van der Waals surface area contributed by atoms with Gasteiger partial charge < -0.3 is 10.0 Å². The number of aryl methyl sites for hydroxylation is 1. The van der Waals surface area contributed by atoms with Gasteiger partial charge in [-0.15, -0.1) is 0 Å². The fourth-order valence-corrected chi connectivity index (χ4v) is 4.80. The molecule has 0 saturated heterocycles. The van der Waals surface area contributed by atoms with Crippen LogP contribution in [0.5, 0.6) is 0 Å². The van der Waals surface area contributed by atoms with Crippen LogP contribution in [0.3, 0.4) is 0 Å². The zero-order chi connectivity index (χ0) is 28.0. The predicted molar refractivity (Wildman–Crippen MR) is 145 cm³/mol. The van der Waals surface area contributed by atoms with Crippen LogP contribution >= 0.6 is 0 Å². The van der Waals surface area contributed by atoms with Crippen LogP contribution in [0.2, 0.25) is 0 Å². The van der Waals surface area contributed by atoms with Crippen LogP contribution in [-0.4, -0.2) is 21.9 Å². The van der Waals surface area contributed by atoms with E-state index in [-0.39, 0.29) is 6.54 Å². The van der Waals surface area contributed by atoms with Crippen LogP contribution in [0, 0.1) is 0 Å². The number of nitrogens with zero attached hydrogens (tertiary/aromatic N) is 1. The normalized spacial score (nSPS) is 12.3. The summed E-state index contributed by atoms with van der Waals surface area (Å²) < 4.78 is 38.9. The SMILES string of the molecule is CCCCCCCCCCCCc1ccc(CN(C(=O)C(=O)O)C(CC)c2ccc(C(F)(F)F)cc2)cc1. The third-order valence-corrected chi connectivity index (χ3v) is 7.02. The molecule has 38 heavy (non-hydrogen) atoms. The Morgan fingerprint density at radius 2 is 1.26 bits per heavy atom. The number of hydrogen-bond acceptors (Lipinski definition) is 2. The summed E-state index contributed by atoms with van der Waals surface area (Å²) in [4.78, 5) is 25.4. The summed E-state index contributed by atoms with van der Waals surface area (Å²) >= 11 is 0. The Morgan fingerprint density at radius 3 is 1.74 bits per heavy atom. The molecule has 1 N–H and O–H groups in total. The van der Waals surface area contributed by atoms with Gasteiger partial charge >= 0.3 is 18.1 Å². The summed E-state index contributed by atoms with van der Waals surface area (Å²) in [6.45, 7) is 4.07. The molecule has 0 radical (unpaired) electrons. The number of rotatable bonds is 16. The predicted octanol–water partition coefficient (Wildman–Crippen LogP) is 8.73. The van der Waals surface area contributed by atoms with Crippen molar-refractivity contribution < 1.29 is 27.9 Å². The average molecular weight is 534 g/mol. The first-order valence-corrected chi connectivity index (χ1v) is 14.0. The largest absolute Gasteiger partial charge is 0.474 e.